The van der Waals surface area contributed by atoms with Crippen molar-refractivity contribution in [1.29, 1.82) is 0 Å². The zero-order valence-corrected chi connectivity index (χ0v) is 19.9. The van der Waals surface area contributed by atoms with Gasteiger partial charge in [0.2, 0.25) is 5.88 Å². The highest BCUT2D eigenvalue weighted by Crippen LogP contribution is 2.33. The molecule has 0 aliphatic carbocycles. The molecule has 8 nitrogen and oxygen atoms in total. The smallest absolute Gasteiger partial charge is 0.214 e. The highest BCUT2D eigenvalue weighted by atomic mass is 35.5. The zero-order chi connectivity index (χ0) is 23.2. The number of allylic oxidation sites excluding steroid dienone is 1. The number of aryl methyl sites for hydroxylation is 1. The van der Waals surface area contributed by atoms with E-state index in [-0.39, 0.29) is 28.9 Å². The largest absolute Gasteiger partial charge is 0.472 e. The molecule has 5 rings (SSSR count). The molecular weight excluding hydrogens is 442 g/mol. The Bertz CT molecular complexity index is 1150. The molecule has 2 saturated heterocycles. The van der Waals surface area contributed by atoms with Crippen LogP contribution < -0.4 is 4.74 Å². The predicted molar refractivity (Wildman–Crippen MR) is 126 cm³/mol. The van der Waals surface area contributed by atoms with Gasteiger partial charge in [-0.05, 0) is 25.5 Å². The molecule has 2 fully saturated rings. The quantitative estimate of drug-likeness (QED) is 0.646. The summed E-state index contributed by atoms with van der Waals surface area (Å²) in [7, 11) is 0. The van der Waals surface area contributed by atoms with Crippen molar-refractivity contribution in [2.24, 2.45) is 10.4 Å². The number of pyridine rings is 1. The molecule has 5 heterocycles. The van der Waals surface area contributed by atoms with E-state index in [0.717, 1.165) is 55.2 Å². The highest BCUT2D eigenvalue weighted by Gasteiger charge is 2.35. The predicted octanol–water partition coefficient (Wildman–Crippen LogP) is 3.16. The Morgan fingerprint density at radius 2 is 2.15 bits per heavy atom. The molecule has 0 aromatic carbocycles. The summed E-state index contributed by atoms with van der Waals surface area (Å²) >= 11 is 6.22. The van der Waals surface area contributed by atoms with Gasteiger partial charge in [-0.2, -0.15) is 5.10 Å². The SMILES string of the molecule is Cc1nn(CC2(C)COC2)c(C)c1-c1ccnc(O[C@@H]2CCN(C3=C(Cl)C(=O)CN=C3)C2)c1. The fourth-order valence-electron chi connectivity index (χ4n) is 4.72. The summed E-state index contributed by atoms with van der Waals surface area (Å²) < 4.78 is 13.7. The van der Waals surface area contributed by atoms with Crippen molar-refractivity contribution < 1.29 is 14.3 Å². The minimum Gasteiger partial charge on any atom is -0.472 e. The van der Waals surface area contributed by atoms with Gasteiger partial charge in [-0.1, -0.05) is 18.5 Å². The molecule has 3 aliphatic heterocycles. The number of nitrogens with zero attached hydrogens (tertiary/aromatic N) is 5. The zero-order valence-electron chi connectivity index (χ0n) is 19.2. The standard InChI is InChI=1S/C24H28ClN5O3/c1-15-22(16(2)30(28-15)12-24(3)13-32-14-24)17-4-6-27-21(8-17)33-18-5-7-29(11-18)19-9-26-10-20(31)23(19)25/h4,6,8-9,18H,5,7,10-14H2,1-3H3/t18-/m1/s1. The maximum atomic E-state index is 11.9. The summed E-state index contributed by atoms with van der Waals surface area (Å²) in [4.78, 5) is 22.5. The number of rotatable bonds is 6. The molecule has 2 aromatic heterocycles. The molecule has 174 valence electrons. The third-order valence-electron chi connectivity index (χ3n) is 6.53. The lowest BCUT2D eigenvalue weighted by Crippen LogP contribution is -2.43. The van der Waals surface area contributed by atoms with Crippen LogP contribution in [0.3, 0.4) is 0 Å². The van der Waals surface area contributed by atoms with Crippen molar-refractivity contribution in [3.8, 4) is 17.0 Å². The summed E-state index contributed by atoms with van der Waals surface area (Å²) in [6, 6.07) is 3.98. The lowest BCUT2D eigenvalue weighted by Gasteiger charge is -2.38. The van der Waals surface area contributed by atoms with Gasteiger partial charge in [0.25, 0.3) is 0 Å². The maximum absolute atomic E-state index is 11.9. The van der Waals surface area contributed by atoms with Crippen LogP contribution in [0.25, 0.3) is 11.1 Å². The Balaban J connectivity index is 1.31. The van der Waals surface area contributed by atoms with E-state index in [1.54, 1.807) is 12.4 Å². The van der Waals surface area contributed by atoms with E-state index < -0.39 is 0 Å². The number of aliphatic imine (C=N–C) groups is 1. The van der Waals surface area contributed by atoms with Crippen molar-refractivity contribution in [3.63, 3.8) is 0 Å². The van der Waals surface area contributed by atoms with Crippen LogP contribution >= 0.6 is 11.6 Å². The summed E-state index contributed by atoms with van der Waals surface area (Å²) in [6.07, 6.45) is 4.24. The molecule has 1 atom stereocenters. The summed E-state index contributed by atoms with van der Waals surface area (Å²) in [5.41, 5.74) is 5.11. The first-order chi connectivity index (χ1) is 15.8. The number of ether oxygens (including phenoxy) is 2. The number of carbonyl (C=O) groups excluding carboxylic acids is 1. The number of likely N-dealkylation sites (tertiary alicyclic amines) is 1. The fraction of sp³-hybridized carbons (Fsp3) is 0.500. The van der Waals surface area contributed by atoms with Gasteiger partial charge >= 0.3 is 0 Å². The lowest BCUT2D eigenvalue weighted by molar-refractivity contribution is -0.113. The van der Waals surface area contributed by atoms with Crippen LogP contribution in [-0.2, 0) is 16.1 Å². The molecule has 0 bridgehead atoms. The monoisotopic (exact) mass is 469 g/mol. The second-order valence-corrected chi connectivity index (χ2v) is 9.83. The average Bonchev–Trinajstić information content (AvgIpc) is 3.33. The van der Waals surface area contributed by atoms with Crippen molar-refractivity contribution in [2.75, 3.05) is 32.8 Å². The Morgan fingerprint density at radius 3 is 2.91 bits per heavy atom. The van der Waals surface area contributed by atoms with E-state index in [4.69, 9.17) is 26.2 Å². The van der Waals surface area contributed by atoms with Crippen LogP contribution in [0.1, 0.15) is 24.7 Å². The Kier molecular flexibility index (Phi) is 5.74. The summed E-state index contributed by atoms with van der Waals surface area (Å²) in [5, 5.41) is 5.06. The second kappa shape index (κ2) is 8.57. The molecule has 0 amide bonds. The number of hydrogen-bond donors (Lipinski definition) is 0. The van der Waals surface area contributed by atoms with E-state index in [1.807, 2.05) is 19.1 Å². The number of ketones is 1. The lowest BCUT2D eigenvalue weighted by atomic mass is 9.89. The van der Waals surface area contributed by atoms with Crippen molar-refractivity contribution in [3.05, 3.63) is 40.4 Å². The van der Waals surface area contributed by atoms with Gasteiger partial charge in [0.05, 0.1) is 37.7 Å². The number of halogens is 1. The van der Waals surface area contributed by atoms with E-state index in [0.29, 0.717) is 18.1 Å². The highest BCUT2D eigenvalue weighted by molar-refractivity contribution is 6.44. The second-order valence-electron chi connectivity index (χ2n) is 9.46. The van der Waals surface area contributed by atoms with E-state index >= 15 is 0 Å². The van der Waals surface area contributed by atoms with Crippen LogP contribution in [-0.4, -0.2) is 70.6 Å². The first-order valence-electron chi connectivity index (χ1n) is 11.3. The Hall–Kier alpha value is -2.71. The van der Waals surface area contributed by atoms with Gasteiger partial charge in [-0.15, -0.1) is 0 Å². The van der Waals surface area contributed by atoms with Crippen LogP contribution in [0.4, 0.5) is 0 Å². The average molecular weight is 470 g/mol. The third-order valence-corrected chi connectivity index (χ3v) is 6.93. The van der Waals surface area contributed by atoms with Crippen molar-refractivity contribution in [2.45, 2.75) is 39.8 Å². The van der Waals surface area contributed by atoms with E-state index in [2.05, 4.69) is 33.4 Å². The molecule has 0 saturated carbocycles. The van der Waals surface area contributed by atoms with Gasteiger partial charge in [-0.3, -0.25) is 14.5 Å². The molecule has 0 radical (unpaired) electrons. The number of aromatic nitrogens is 3. The van der Waals surface area contributed by atoms with Gasteiger partial charge in [0, 0.05) is 48.1 Å². The van der Waals surface area contributed by atoms with E-state index in [9.17, 15) is 4.79 Å². The molecule has 0 N–H and O–H groups in total. The third kappa shape index (κ3) is 4.29. The van der Waals surface area contributed by atoms with Gasteiger partial charge in [-0.25, -0.2) is 4.98 Å². The molecule has 33 heavy (non-hydrogen) atoms. The van der Waals surface area contributed by atoms with Gasteiger partial charge < -0.3 is 14.4 Å². The van der Waals surface area contributed by atoms with Crippen molar-refractivity contribution >= 4 is 23.6 Å². The van der Waals surface area contributed by atoms with Crippen LogP contribution in [0, 0.1) is 19.3 Å². The first-order valence-corrected chi connectivity index (χ1v) is 11.6. The molecular formula is C24H28ClN5O3. The minimum absolute atomic E-state index is 0.0429. The van der Waals surface area contributed by atoms with Crippen LogP contribution in [0.5, 0.6) is 5.88 Å². The Morgan fingerprint density at radius 1 is 1.33 bits per heavy atom. The first kappa shape index (κ1) is 22.1. The Labute approximate surface area is 198 Å². The van der Waals surface area contributed by atoms with Gasteiger partial charge in [0.1, 0.15) is 17.7 Å². The molecule has 0 unspecified atom stereocenters. The number of hydrogen-bond acceptors (Lipinski definition) is 7. The fourth-order valence-corrected chi connectivity index (χ4v) is 4.95. The molecule has 2 aromatic rings. The topological polar surface area (TPSA) is 81.8 Å². The van der Waals surface area contributed by atoms with Gasteiger partial charge in [0.15, 0.2) is 5.78 Å². The number of Topliss-reactive ketones (excluding diaryl/α,β-unsaturated/α-hetero) is 1. The number of dihydropyridines is 1. The number of carbonyl (C=O) groups is 1. The normalized spacial score (nSPS) is 22.1. The summed E-state index contributed by atoms with van der Waals surface area (Å²) in [5.74, 6) is 0.441. The summed E-state index contributed by atoms with van der Waals surface area (Å²) in [6.45, 7) is 10.3. The minimum atomic E-state index is -0.141. The molecule has 3 aliphatic rings. The van der Waals surface area contributed by atoms with Crippen molar-refractivity contribution in [1.82, 2.24) is 19.7 Å². The van der Waals surface area contributed by atoms with E-state index in [1.165, 1.54) is 0 Å². The molecule has 0 spiro atoms. The maximum Gasteiger partial charge on any atom is 0.214 e. The van der Waals surface area contributed by atoms with Crippen LogP contribution in [0.15, 0.2) is 34.1 Å². The molecule has 9 heteroatoms. The van der Waals surface area contributed by atoms with Crippen LogP contribution in [0.2, 0.25) is 0 Å².